The topological polar surface area (TPSA) is 38.7 Å². The lowest BCUT2D eigenvalue weighted by Crippen LogP contribution is -2.02. The number of rotatable bonds is 4. The number of hydrogen-bond donors (Lipinski definition) is 0. The van der Waals surface area contributed by atoms with Crippen molar-refractivity contribution in [3.8, 4) is 67.5 Å². The molecule has 0 bridgehead atoms. The maximum absolute atomic E-state index is 5.44. The van der Waals surface area contributed by atoms with Crippen molar-refractivity contribution in [1.29, 1.82) is 0 Å². The molecule has 11 rings (SSSR count). The van der Waals surface area contributed by atoms with Crippen LogP contribution in [0, 0.1) is 0 Å². The summed E-state index contributed by atoms with van der Waals surface area (Å²) in [5, 5.41) is 7.22. The molecule has 51 heavy (non-hydrogen) atoms. The molecule has 0 aliphatic heterocycles. The van der Waals surface area contributed by atoms with Gasteiger partial charge in [-0.2, -0.15) is 0 Å². The van der Waals surface area contributed by atoms with Gasteiger partial charge in [-0.1, -0.05) is 152 Å². The molecule has 10 aromatic rings. The average Bonchev–Trinajstić information content (AvgIpc) is 3.73. The molecule has 0 fully saturated rings. The fraction of sp³-hybridized carbons (Fsp3) is 0. The monoisotopic (exact) mass is 665 g/mol. The first-order valence-corrected chi connectivity index (χ1v) is 18.0. The van der Waals surface area contributed by atoms with Crippen molar-refractivity contribution in [3.63, 3.8) is 0 Å². The number of aromatic nitrogens is 3. The van der Waals surface area contributed by atoms with E-state index in [1.165, 1.54) is 58.8 Å². The zero-order valence-electron chi connectivity index (χ0n) is 27.3. The van der Waals surface area contributed by atoms with E-state index in [1.54, 1.807) is 0 Å². The Kier molecular flexibility index (Phi) is 6.12. The van der Waals surface area contributed by atoms with E-state index in [1.807, 2.05) is 17.4 Å². The number of nitrogens with zero attached hydrogens (tertiary/aromatic N) is 3. The molecule has 3 nitrogen and oxygen atoms in total. The van der Waals surface area contributed by atoms with Gasteiger partial charge in [-0.05, 0) is 61.5 Å². The van der Waals surface area contributed by atoms with Crippen LogP contribution < -0.4 is 0 Å². The Morgan fingerprint density at radius 2 is 0.941 bits per heavy atom. The van der Waals surface area contributed by atoms with Gasteiger partial charge in [0.2, 0.25) is 0 Å². The van der Waals surface area contributed by atoms with Crippen molar-refractivity contribution in [1.82, 2.24) is 15.0 Å². The van der Waals surface area contributed by atoms with E-state index in [0.29, 0.717) is 17.5 Å². The van der Waals surface area contributed by atoms with Crippen LogP contribution in [0.3, 0.4) is 0 Å². The second kappa shape index (κ2) is 11.0. The molecule has 0 N–H and O–H groups in total. The molecular weight excluding hydrogens is 639 g/mol. The Hall–Kier alpha value is -6.49. The minimum Gasteiger partial charge on any atom is -0.208 e. The molecule has 2 heterocycles. The van der Waals surface area contributed by atoms with Crippen LogP contribution in [0.5, 0.6) is 0 Å². The van der Waals surface area contributed by atoms with Crippen LogP contribution in [0.1, 0.15) is 0 Å². The maximum Gasteiger partial charge on any atom is 0.165 e. The molecule has 236 valence electrons. The first kappa shape index (κ1) is 28.4. The lowest BCUT2D eigenvalue weighted by Gasteiger charge is -2.15. The van der Waals surface area contributed by atoms with Crippen LogP contribution in [0.15, 0.2) is 164 Å². The molecule has 0 spiro atoms. The van der Waals surface area contributed by atoms with Gasteiger partial charge in [-0.25, -0.2) is 15.0 Å². The summed E-state index contributed by atoms with van der Waals surface area (Å²) < 4.78 is 2.49. The minimum atomic E-state index is 0.654. The van der Waals surface area contributed by atoms with Crippen LogP contribution in [-0.4, -0.2) is 15.0 Å². The minimum absolute atomic E-state index is 0.654. The Labute approximate surface area is 298 Å². The lowest BCUT2D eigenvalue weighted by molar-refractivity contribution is 1.08. The normalized spacial score (nSPS) is 11.9. The molecule has 8 aromatic carbocycles. The van der Waals surface area contributed by atoms with E-state index in [0.717, 1.165) is 33.0 Å². The zero-order chi connectivity index (χ0) is 33.5. The molecule has 0 radical (unpaired) electrons. The van der Waals surface area contributed by atoms with Gasteiger partial charge in [-0.3, -0.25) is 0 Å². The average molecular weight is 666 g/mol. The van der Waals surface area contributed by atoms with E-state index in [2.05, 4.69) is 158 Å². The standard InChI is InChI=1S/C47H27N3S/c1-2-11-28(12-3-1)29-23-25-32(26-24-29)45-48-46(35-20-8-14-30-13-4-5-17-33(30)35)50-47(49-45)44-42-37-21-10-16-31-15-9-19-34(41(31)37)38(42)27-40-43(44)36-18-6-7-22-39(36)51-40/h1-27H. The van der Waals surface area contributed by atoms with Crippen LogP contribution in [-0.2, 0) is 0 Å². The highest BCUT2D eigenvalue weighted by molar-refractivity contribution is 7.26. The van der Waals surface area contributed by atoms with Crippen molar-refractivity contribution in [2.45, 2.75) is 0 Å². The zero-order valence-corrected chi connectivity index (χ0v) is 28.2. The van der Waals surface area contributed by atoms with E-state index in [9.17, 15) is 0 Å². The van der Waals surface area contributed by atoms with Gasteiger partial charge in [0.05, 0.1) is 0 Å². The van der Waals surface area contributed by atoms with Crippen molar-refractivity contribution in [2.75, 3.05) is 0 Å². The van der Waals surface area contributed by atoms with Gasteiger partial charge in [0, 0.05) is 42.4 Å². The van der Waals surface area contributed by atoms with Crippen LogP contribution >= 0.6 is 11.3 Å². The van der Waals surface area contributed by atoms with Crippen LogP contribution in [0.4, 0.5) is 0 Å². The molecule has 0 saturated heterocycles. The van der Waals surface area contributed by atoms with Gasteiger partial charge in [0.15, 0.2) is 17.5 Å². The third kappa shape index (κ3) is 4.33. The molecule has 0 amide bonds. The fourth-order valence-electron chi connectivity index (χ4n) is 7.98. The Morgan fingerprint density at radius 1 is 0.333 bits per heavy atom. The molecule has 0 unspecified atom stereocenters. The molecule has 2 aromatic heterocycles. The predicted molar refractivity (Wildman–Crippen MR) is 214 cm³/mol. The van der Waals surface area contributed by atoms with E-state index < -0.39 is 0 Å². The van der Waals surface area contributed by atoms with Crippen LogP contribution in [0.25, 0.3) is 109 Å². The fourth-order valence-corrected chi connectivity index (χ4v) is 9.13. The summed E-state index contributed by atoms with van der Waals surface area (Å²) in [4.78, 5) is 16.1. The second-order valence-electron chi connectivity index (χ2n) is 13.1. The van der Waals surface area contributed by atoms with Gasteiger partial charge in [0.25, 0.3) is 0 Å². The van der Waals surface area contributed by atoms with E-state index in [4.69, 9.17) is 15.0 Å². The number of hydrogen-bond acceptors (Lipinski definition) is 4. The number of fused-ring (bicyclic) bond motifs is 7. The quantitative estimate of drug-likeness (QED) is 0.188. The van der Waals surface area contributed by atoms with Crippen LogP contribution in [0.2, 0.25) is 0 Å². The molecular formula is C47H27N3S. The predicted octanol–water partition coefficient (Wildman–Crippen LogP) is 12.9. The third-order valence-electron chi connectivity index (χ3n) is 10.3. The SMILES string of the molecule is c1ccc(-c2ccc(-c3nc(-c4cccc5ccccc45)nc(-c4c5c(cc6sc7ccccc7c46)-c4cccc6cccc-5c46)n3)cc2)cc1. The Balaban J connectivity index is 1.24. The first-order chi connectivity index (χ1) is 25.3. The van der Waals surface area contributed by atoms with Crippen molar-refractivity contribution >= 4 is 53.1 Å². The van der Waals surface area contributed by atoms with Gasteiger partial charge in [0.1, 0.15) is 0 Å². The second-order valence-corrected chi connectivity index (χ2v) is 14.2. The summed E-state index contributed by atoms with van der Waals surface area (Å²) in [5.41, 5.74) is 10.3. The number of benzene rings is 8. The summed E-state index contributed by atoms with van der Waals surface area (Å²) in [6, 6.07) is 58.3. The highest BCUT2D eigenvalue weighted by atomic mass is 32.1. The highest BCUT2D eigenvalue weighted by Gasteiger charge is 2.30. The summed E-state index contributed by atoms with van der Waals surface area (Å²) in [5.74, 6) is 2.00. The first-order valence-electron chi connectivity index (χ1n) is 17.2. The molecule has 0 atom stereocenters. The number of thiophene rings is 1. The molecule has 0 saturated carbocycles. The molecule has 1 aliphatic rings. The van der Waals surface area contributed by atoms with Gasteiger partial charge in [-0.15, -0.1) is 11.3 Å². The van der Waals surface area contributed by atoms with Gasteiger partial charge < -0.3 is 0 Å². The van der Waals surface area contributed by atoms with Crippen molar-refractivity contribution < 1.29 is 0 Å². The Bertz CT molecular complexity index is 3010. The van der Waals surface area contributed by atoms with Crippen molar-refractivity contribution in [3.05, 3.63) is 164 Å². The lowest BCUT2D eigenvalue weighted by atomic mass is 9.93. The maximum atomic E-state index is 5.44. The van der Waals surface area contributed by atoms with Gasteiger partial charge >= 0.3 is 0 Å². The van der Waals surface area contributed by atoms with E-state index >= 15 is 0 Å². The molecule has 1 aliphatic carbocycles. The summed E-state index contributed by atoms with van der Waals surface area (Å²) in [6.45, 7) is 0. The Morgan fingerprint density at radius 3 is 1.78 bits per heavy atom. The molecule has 4 heteroatoms. The summed E-state index contributed by atoms with van der Waals surface area (Å²) >= 11 is 1.84. The van der Waals surface area contributed by atoms with E-state index in [-0.39, 0.29) is 0 Å². The summed E-state index contributed by atoms with van der Waals surface area (Å²) in [7, 11) is 0. The third-order valence-corrected chi connectivity index (χ3v) is 11.4. The largest absolute Gasteiger partial charge is 0.208 e. The highest BCUT2D eigenvalue weighted by Crippen LogP contribution is 2.55. The smallest absolute Gasteiger partial charge is 0.165 e. The van der Waals surface area contributed by atoms with Crippen molar-refractivity contribution in [2.24, 2.45) is 0 Å². The summed E-state index contributed by atoms with van der Waals surface area (Å²) in [6.07, 6.45) is 0.